The first kappa shape index (κ1) is 13.1. The number of hydrogen-bond acceptors (Lipinski definition) is 5. The molecule has 1 fully saturated rings. The van der Waals surface area contributed by atoms with Crippen LogP contribution in [0, 0.1) is 5.92 Å². The molecule has 0 spiro atoms. The maximum Gasteiger partial charge on any atom is 0.227 e. The third kappa shape index (κ3) is 2.08. The summed E-state index contributed by atoms with van der Waals surface area (Å²) >= 11 is 13.3. The van der Waals surface area contributed by atoms with Crippen LogP contribution in [-0.4, -0.2) is 32.9 Å². The molecule has 1 unspecified atom stereocenters. The van der Waals surface area contributed by atoms with Crippen LogP contribution in [0.3, 0.4) is 0 Å². The number of benzene rings is 1. The second-order valence-electron chi connectivity index (χ2n) is 4.41. The third-order valence-corrected chi connectivity index (χ3v) is 4.26. The predicted octanol–water partition coefficient (Wildman–Crippen LogP) is 2.34. The lowest BCUT2D eigenvalue weighted by Crippen LogP contribution is -2.25. The fraction of sp³-hybridized carbons (Fsp3) is 0.364. The van der Waals surface area contributed by atoms with Gasteiger partial charge in [-0.05, 0) is 6.07 Å². The smallest absolute Gasteiger partial charge is 0.227 e. The molecule has 0 bridgehead atoms. The van der Waals surface area contributed by atoms with E-state index in [-0.39, 0.29) is 18.4 Å². The number of fused-ring (bicyclic) bond motifs is 1. The minimum atomic E-state index is -0.0717. The molecule has 1 aromatic carbocycles. The largest absolute Gasteiger partial charge is 0.396 e. The summed E-state index contributed by atoms with van der Waals surface area (Å²) in [5.41, 5.74) is 1.62. The van der Waals surface area contributed by atoms with Crippen LogP contribution >= 0.6 is 34.9 Å². The molecule has 1 atom stereocenters. The molecule has 19 heavy (non-hydrogen) atoms. The summed E-state index contributed by atoms with van der Waals surface area (Å²) in [6.07, 6.45) is 0.314. The Morgan fingerprint density at radius 1 is 1.37 bits per heavy atom. The van der Waals surface area contributed by atoms with E-state index in [1.165, 1.54) is 0 Å². The summed E-state index contributed by atoms with van der Waals surface area (Å²) in [5, 5.41) is 9.97. The van der Waals surface area contributed by atoms with Gasteiger partial charge in [-0.3, -0.25) is 4.79 Å². The van der Waals surface area contributed by atoms with E-state index in [4.69, 9.17) is 23.2 Å². The Morgan fingerprint density at radius 2 is 2.11 bits per heavy atom. The highest BCUT2D eigenvalue weighted by molar-refractivity contribution is 7.00. The van der Waals surface area contributed by atoms with Gasteiger partial charge in [-0.15, -0.1) is 0 Å². The fourth-order valence-electron chi connectivity index (χ4n) is 2.24. The predicted molar refractivity (Wildman–Crippen MR) is 75.0 cm³/mol. The van der Waals surface area contributed by atoms with Crippen molar-refractivity contribution in [1.29, 1.82) is 0 Å². The van der Waals surface area contributed by atoms with Gasteiger partial charge >= 0.3 is 0 Å². The zero-order valence-electron chi connectivity index (χ0n) is 9.64. The van der Waals surface area contributed by atoms with Crippen molar-refractivity contribution in [3.63, 3.8) is 0 Å². The Hall–Kier alpha value is -0.950. The average Bonchev–Trinajstić information content (AvgIpc) is 2.97. The van der Waals surface area contributed by atoms with E-state index >= 15 is 0 Å². The lowest BCUT2D eigenvalue weighted by molar-refractivity contribution is -0.117. The number of carbonyl (C=O) groups excluding carboxylic acids is 1. The van der Waals surface area contributed by atoms with E-state index in [0.717, 1.165) is 11.7 Å². The number of rotatable bonds is 2. The van der Waals surface area contributed by atoms with Gasteiger partial charge < -0.3 is 10.0 Å². The third-order valence-electron chi connectivity index (χ3n) is 3.15. The number of nitrogens with zero attached hydrogens (tertiary/aromatic N) is 3. The molecule has 2 heterocycles. The highest BCUT2D eigenvalue weighted by atomic mass is 35.5. The van der Waals surface area contributed by atoms with Crippen molar-refractivity contribution in [2.45, 2.75) is 6.42 Å². The van der Waals surface area contributed by atoms with Gasteiger partial charge in [-0.2, -0.15) is 8.75 Å². The van der Waals surface area contributed by atoms with Gasteiger partial charge in [0.1, 0.15) is 11.0 Å². The summed E-state index contributed by atoms with van der Waals surface area (Å²) < 4.78 is 8.28. The molecule has 1 aliphatic heterocycles. The van der Waals surface area contributed by atoms with Crippen molar-refractivity contribution in [2.75, 3.05) is 18.1 Å². The van der Waals surface area contributed by atoms with Crippen molar-refractivity contribution in [2.24, 2.45) is 5.92 Å². The first-order chi connectivity index (χ1) is 9.11. The number of aliphatic hydroxyl groups excluding tert-OH is 1. The van der Waals surface area contributed by atoms with Gasteiger partial charge in [0.15, 0.2) is 0 Å². The molecule has 5 nitrogen and oxygen atoms in total. The Bertz CT molecular complexity index is 661. The van der Waals surface area contributed by atoms with Gasteiger partial charge in [-0.25, -0.2) is 0 Å². The normalized spacial score (nSPS) is 19.6. The number of halogens is 2. The minimum absolute atomic E-state index is 0.0219. The molecule has 1 saturated heterocycles. The number of amides is 1. The van der Waals surface area contributed by atoms with Gasteiger partial charge in [-0.1, -0.05) is 23.2 Å². The lowest BCUT2D eigenvalue weighted by atomic mass is 10.1. The van der Waals surface area contributed by atoms with Crippen LogP contribution in [-0.2, 0) is 4.79 Å². The van der Waals surface area contributed by atoms with Gasteiger partial charge in [0.25, 0.3) is 0 Å². The second-order valence-corrected chi connectivity index (χ2v) is 5.75. The highest BCUT2D eigenvalue weighted by Gasteiger charge is 2.33. The Labute approximate surface area is 123 Å². The number of hydrogen-bond donors (Lipinski definition) is 1. The van der Waals surface area contributed by atoms with E-state index in [1.807, 2.05) is 0 Å². The van der Waals surface area contributed by atoms with Crippen molar-refractivity contribution >= 4 is 57.6 Å². The fourth-order valence-corrected chi connectivity index (χ4v) is 3.45. The number of anilines is 1. The molecule has 0 radical (unpaired) electrons. The summed E-state index contributed by atoms with van der Waals surface area (Å²) in [6, 6.07) is 1.57. The van der Waals surface area contributed by atoms with Crippen LogP contribution in [0.5, 0.6) is 0 Å². The maximum absolute atomic E-state index is 12.0. The summed E-state index contributed by atoms with van der Waals surface area (Å²) in [7, 11) is 0. The van der Waals surface area contributed by atoms with Crippen LogP contribution in [0.1, 0.15) is 6.42 Å². The van der Waals surface area contributed by atoms with Crippen LogP contribution in [0.25, 0.3) is 11.0 Å². The molecule has 0 saturated carbocycles. The molecule has 0 aliphatic carbocycles. The molecule has 1 aromatic heterocycles. The minimum Gasteiger partial charge on any atom is -0.396 e. The maximum atomic E-state index is 12.0. The molecular formula is C11H9Cl2N3O2S. The molecule has 2 aromatic rings. The standard InChI is InChI=1S/C11H9Cl2N3O2S/c12-6-2-7(13)11(10-9(6)14-19-15-10)16-3-5(4-17)1-8(16)18/h2,5,17H,1,3-4H2. The number of carbonyl (C=O) groups is 1. The van der Waals surface area contributed by atoms with E-state index < -0.39 is 0 Å². The average molecular weight is 318 g/mol. The van der Waals surface area contributed by atoms with Crippen LogP contribution in [0.4, 0.5) is 5.69 Å². The van der Waals surface area contributed by atoms with E-state index in [2.05, 4.69) is 8.75 Å². The molecule has 8 heteroatoms. The summed E-state index contributed by atoms with van der Waals surface area (Å²) in [4.78, 5) is 13.6. The highest BCUT2D eigenvalue weighted by Crippen LogP contribution is 2.39. The Morgan fingerprint density at radius 3 is 2.79 bits per heavy atom. The first-order valence-corrected chi connectivity index (χ1v) is 7.12. The summed E-state index contributed by atoms with van der Waals surface area (Å²) in [6.45, 7) is 0.412. The van der Waals surface area contributed by atoms with Crippen LogP contribution in [0.2, 0.25) is 10.0 Å². The molecule has 100 valence electrons. The zero-order chi connectivity index (χ0) is 13.6. The second kappa shape index (κ2) is 4.86. The topological polar surface area (TPSA) is 66.3 Å². The van der Waals surface area contributed by atoms with Crippen molar-refractivity contribution < 1.29 is 9.90 Å². The molecule has 3 rings (SSSR count). The Kier molecular flexibility index (Phi) is 3.34. The molecule has 1 N–H and O–H groups in total. The zero-order valence-corrected chi connectivity index (χ0v) is 12.0. The Balaban J connectivity index is 2.15. The van der Waals surface area contributed by atoms with Gasteiger partial charge in [0.05, 0.1) is 27.5 Å². The van der Waals surface area contributed by atoms with E-state index in [1.54, 1.807) is 11.0 Å². The van der Waals surface area contributed by atoms with E-state index in [0.29, 0.717) is 39.7 Å². The molecule has 1 amide bonds. The van der Waals surface area contributed by atoms with Crippen LogP contribution in [0.15, 0.2) is 6.07 Å². The quantitative estimate of drug-likeness (QED) is 0.923. The lowest BCUT2D eigenvalue weighted by Gasteiger charge is -2.18. The number of aliphatic hydroxyl groups is 1. The van der Waals surface area contributed by atoms with Crippen molar-refractivity contribution in [3.05, 3.63) is 16.1 Å². The summed E-state index contributed by atoms with van der Waals surface area (Å²) in [5.74, 6) is -0.140. The van der Waals surface area contributed by atoms with Gasteiger partial charge in [0.2, 0.25) is 5.91 Å². The first-order valence-electron chi connectivity index (χ1n) is 5.63. The van der Waals surface area contributed by atoms with Crippen LogP contribution < -0.4 is 4.90 Å². The number of aromatic nitrogens is 2. The molecule has 1 aliphatic rings. The molecular weight excluding hydrogens is 309 g/mol. The van der Waals surface area contributed by atoms with Gasteiger partial charge in [0, 0.05) is 25.5 Å². The SMILES string of the molecule is O=C1CC(CO)CN1c1c(Cl)cc(Cl)c2nsnc12. The van der Waals surface area contributed by atoms with Crippen molar-refractivity contribution in [1.82, 2.24) is 8.75 Å². The van der Waals surface area contributed by atoms with E-state index in [9.17, 15) is 9.90 Å². The monoisotopic (exact) mass is 317 g/mol. The van der Waals surface area contributed by atoms with Crippen molar-refractivity contribution in [3.8, 4) is 0 Å².